The van der Waals surface area contributed by atoms with Gasteiger partial charge in [0.25, 0.3) is 0 Å². The molecule has 0 radical (unpaired) electrons. The van der Waals surface area contributed by atoms with E-state index in [0.29, 0.717) is 0 Å². The van der Waals surface area contributed by atoms with Crippen LogP contribution in [0.2, 0.25) is 0 Å². The third kappa shape index (κ3) is 5.62. The predicted octanol–water partition coefficient (Wildman–Crippen LogP) is 14.9. The van der Waals surface area contributed by atoms with Crippen LogP contribution in [0, 0.1) is 0 Å². The van der Waals surface area contributed by atoms with E-state index in [-0.39, 0.29) is 0 Å². The maximum atomic E-state index is 6.79. The van der Waals surface area contributed by atoms with E-state index in [1.165, 1.54) is 33.4 Å². The van der Waals surface area contributed by atoms with Crippen LogP contribution in [-0.4, -0.2) is 0 Å². The third-order valence-electron chi connectivity index (χ3n) is 10.5. The summed E-state index contributed by atoms with van der Waals surface area (Å²) < 4.78 is 6.79. The van der Waals surface area contributed by atoms with Gasteiger partial charge in [0.05, 0.1) is 11.1 Å². The topological polar surface area (TPSA) is 16.4 Å². The molecule has 0 bridgehead atoms. The Balaban J connectivity index is 1.18. The van der Waals surface area contributed by atoms with Crippen molar-refractivity contribution in [3.05, 3.63) is 212 Å². The number of furan rings is 1. The molecule has 2 heteroatoms. The second-order valence-corrected chi connectivity index (χ2v) is 13.7. The van der Waals surface area contributed by atoms with Crippen molar-refractivity contribution in [2.45, 2.75) is 0 Å². The number of anilines is 3. The van der Waals surface area contributed by atoms with Crippen LogP contribution in [0.25, 0.3) is 77.2 Å². The van der Waals surface area contributed by atoms with E-state index in [2.05, 4.69) is 217 Å². The van der Waals surface area contributed by atoms with E-state index in [9.17, 15) is 0 Å². The van der Waals surface area contributed by atoms with Crippen LogP contribution in [0.5, 0.6) is 0 Å². The second-order valence-electron chi connectivity index (χ2n) is 13.7. The largest absolute Gasteiger partial charge is 0.455 e. The van der Waals surface area contributed by atoms with Gasteiger partial charge in [0.1, 0.15) is 11.2 Å². The second kappa shape index (κ2) is 13.4. The Kier molecular flexibility index (Phi) is 7.85. The minimum atomic E-state index is 0.858. The van der Waals surface area contributed by atoms with Crippen LogP contribution >= 0.6 is 0 Å². The van der Waals surface area contributed by atoms with Crippen molar-refractivity contribution in [1.82, 2.24) is 0 Å². The van der Waals surface area contributed by atoms with Gasteiger partial charge in [-0.15, -0.1) is 0 Å². The Morgan fingerprint density at radius 3 is 1.30 bits per heavy atom. The first kappa shape index (κ1) is 31.6. The standard InChI is InChI=1S/C52H35NO/c1-4-12-36(13-5-1)38-20-22-39(23-21-38)41-26-31-45(32-27-41)53(44-29-24-40(25-30-44)37-14-6-2-7-15-37)51-46(42-16-8-3-9-17-42)34-35-49-50(51)48-33-28-43-18-10-11-19-47(43)52(48)54-49/h1-35H. The molecule has 10 rings (SSSR count). The first-order chi connectivity index (χ1) is 26.8. The smallest absolute Gasteiger partial charge is 0.143 e. The lowest BCUT2D eigenvalue weighted by Gasteiger charge is -2.29. The molecule has 0 aliphatic carbocycles. The molecule has 0 amide bonds. The molecule has 10 aromatic rings. The normalized spacial score (nSPS) is 11.3. The van der Waals surface area contributed by atoms with Gasteiger partial charge in [0.15, 0.2) is 0 Å². The van der Waals surface area contributed by atoms with Crippen molar-refractivity contribution in [3.63, 3.8) is 0 Å². The molecule has 0 fully saturated rings. The Morgan fingerprint density at radius 2 is 0.759 bits per heavy atom. The summed E-state index contributed by atoms with van der Waals surface area (Å²) in [6, 6.07) is 75.8. The van der Waals surface area contributed by atoms with Crippen molar-refractivity contribution in [1.29, 1.82) is 0 Å². The highest BCUT2D eigenvalue weighted by Gasteiger charge is 2.24. The lowest BCUT2D eigenvalue weighted by molar-refractivity contribution is 0.673. The van der Waals surface area contributed by atoms with Crippen molar-refractivity contribution < 1.29 is 4.42 Å². The maximum absolute atomic E-state index is 6.79. The first-order valence-corrected chi connectivity index (χ1v) is 18.4. The summed E-state index contributed by atoms with van der Waals surface area (Å²) in [5, 5.41) is 4.46. The van der Waals surface area contributed by atoms with Gasteiger partial charge >= 0.3 is 0 Å². The quantitative estimate of drug-likeness (QED) is 0.166. The lowest BCUT2D eigenvalue weighted by Crippen LogP contribution is -2.11. The molecule has 0 saturated carbocycles. The number of hydrogen-bond donors (Lipinski definition) is 0. The fraction of sp³-hybridized carbons (Fsp3) is 0. The number of benzene rings is 9. The summed E-state index contributed by atoms with van der Waals surface area (Å²) in [4.78, 5) is 2.41. The summed E-state index contributed by atoms with van der Waals surface area (Å²) in [5.74, 6) is 0. The van der Waals surface area contributed by atoms with Gasteiger partial charge in [-0.3, -0.25) is 0 Å². The van der Waals surface area contributed by atoms with Gasteiger partial charge in [-0.25, -0.2) is 0 Å². The van der Waals surface area contributed by atoms with Gasteiger partial charge in [-0.1, -0.05) is 170 Å². The Hall–Kier alpha value is -7.16. The fourth-order valence-electron chi connectivity index (χ4n) is 7.79. The van der Waals surface area contributed by atoms with E-state index < -0.39 is 0 Å². The highest BCUT2D eigenvalue weighted by Crippen LogP contribution is 2.49. The minimum absolute atomic E-state index is 0.858. The van der Waals surface area contributed by atoms with Gasteiger partial charge < -0.3 is 9.32 Å². The Bertz CT molecular complexity index is 2880. The van der Waals surface area contributed by atoms with E-state index in [1.807, 2.05) is 0 Å². The summed E-state index contributed by atoms with van der Waals surface area (Å²) in [6.07, 6.45) is 0. The van der Waals surface area contributed by atoms with Gasteiger partial charge in [-0.05, 0) is 86.8 Å². The minimum Gasteiger partial charge on any atom is -0.455 e. The van der Waals surface area contributed by atoms with Crippen LogP contribution < -0.4 is 4.90 Å². The summed E-state index contributed by atoms with van der Waals surface area (Å²) in [5.41, 5.74) is 14.4. The molecule has 9 aromatic carbocycles. The van der Waals surface area contributed by atoms with Crippen LogP contribution in [0.3, 0.4) is 0 Å². The first-order valence-electron chi connectivity index (χ1n) is 18.4. The zero-order valence-electron chi connectivity index (χ0n) is 29.6. The number of rotatable bonds is 7. The monoisotopic (exact) mass is 689 g/mol. The molecule has 0 unspecified atom stereocenters. The molecule has 2 nitrogen and oxygen atoms in total. The average Bonchev–Trinajstić information content (AvgIpc) is 3.65. The highest BCUT2D eigenvalue weighted by molar-refractivity contribution is 6.21. The van der Waals surface area contributed by atoms with Gasteiger partial charge in [-0.2, -0.15) is 0 Å². The van der Waals surface area contributed by atoms with E-state index >= 15 is 0 Å². The summed E-state index contributed by atoms with van der Waals surface area (Å²) in [6.45, 7) is 0. The Morgan fingerprint density at radius 1 is 0.315 bits per heavy atom. The van der Waals surface area contributed by atoms with Crippen LogP contribution in [0.15, 0.2) is 217 Å². The highest BCUT2D eigenvalue weighted by atomic mass is 16.3. The number of fused-ring (bicyclic) bond motifs is 5. The molecule has 54 heavy (non-hydrogen) atoms. The molecule has 1 heterocycles. The summed E-state index contributed by atoms with van der Waals surface area (Å²) >= 11 is 0. The average molecular weight is 690 g/mol. The lowest BCUT2D eigenvalue weighted by atomic mass is 9.96. The number of hydrogen-bond acceptors (Lipinski definition) is 2. The molecule has 0 saturated heterocycles. The molecule has 0 N–H and O–H groups in total. The fourth-order valence-corrected chi connectivity index (χ4v) is 7.79. The molecular formula is C52H35NO. The molecular weight excluding hydrogens is 655 g/mol. The molecule has 254 valence electrons. The maximum Gasteiger partial charge on any atom is 0.143 e. The molecule has 0 spiro atoms. The molecule has 0 atom stereocenters. The van der Waals surface area contributed by atoms with Gasteiger partial charge in [0.2, 0.25) is 0 Å². The van der Waals surface area contributed by atoms with Crippen molar-refractivity contribution in [3.8, 4) is 44.5 Å². The van der Waals surface area contributed by atoms with Crippen LogP contribution in [-0.2, 0) is 0 Å². The van der Waals surface area contributed by atoms with Crippen molar-refractivity contribution in [2.75, 3.05) is 4.90 Å². The zero-order chi connectivity index (χ0) is 35.8. The third-order valence-corrected chi connectivity index (χ3v) is 10.5. The van der Waals surface area contributed by atoms with E-state index in [4.69, 9.17) is 4.42 Å². The molecule has 0 aliphatic rings. The van der Waals surface area contributed by atoms with E-state index in [0.717, 1.165) is 60.9 Å². The number of nitrogens with zero attached hydrogens (tertiary/aromatic N) is 1. The Labute approximate surface area is 314 Å². The van der Waals surface area contributed by atoms with Gasteiger partial charge in [0, 0.05) is 27.7 Å². The zero-order valence-corrected chi connectivity index (χ0v) is 29.6. The van der Waals surface area contributed by atoms with Crippen LogP contribution in [0.1, 0.15) is 0 Å². The summed E-state index contributed by atoms with van der Waals surface area (Å²) in [7, 11) is 0. The van der Waals surface area contributed by atoms with Crippen LogP contribution in [0.4, 0.5) is 17.1 Å². The predicted molar refractivity (Wildman–Crippen MR) is 228 cm³/mol. The van der Waals surface area contributed by atoms with Crippen molar-refractivity contribution >= 4 is 49.8 Å². The van der Waals surface area contributed by atoms with E-state index in [1.54, 1.807) is 0 Å². The SMILES string of the molecule is c1ccc(-c2ccc(-c3ccc(N(c4ccc(-c5ccccc5)cc4)c4c(-c5ccccc5)ccc5oc6c7ccccc7ccc6c45)cc3)cc2)cc1. The molecule has 1 aromatic heterocycles. The van der Waals surface area contributed by atoms with Crippen molar-refractivity contribution in [2.24, 2.45) is 0 Å². The molecule has 0 aliphatic heterocycles.